The van der Waals surface area contributed by atoms with E-state index >= 15 is 0 Å². The molecule has 0 fully saturated rings. The van der Waals surface area contributed by atoms with Crippen LogP contribution in [0.1, 0.15) is 37.7 Å². The molecule has 0 N–H and O–H groups in total. The third-order valence-electron chi connectivity index (χ3n) is 2.24. The number of carbonyl (C=O) groups is 1. The number of halogens is 3. The van der Waals surface area contributed by atoms with Crippen LogP contribution in [0.3, 0.4) is 0 Å². The van der Waals surface area contributed by atoms with Crippen LogP contribution in [-0.4, -0.2) is 21.7 Å². The minimum Gasteiger partial charge on any atom is -0.292 e. The number of hydrogen-bond acceptors (Lipinski definition) is 2. The van der Waals surface area contributed by atoms with E-state index in [1.165, 1.54) is 12.3 Å². The Bertz CT molecular complexity index is 402. The Morgan fingerprint density at radius 3 is 2.41 bits per heavy atom. The molecule has 1 aromatic heterocycles. The number of Topliss-reactive ketones (excluding diaryl/α,β-unsaturated/α-hetero) is 1. The first-order valence-corrected chi connectivity index (χ1v) is 5.24. The fraction of sp³-hybridized carbons (Fsp3) is 0.636. The highest BCUT2D eigenvalue weighted by atomic mass is 19.4. The summed E-state index contributed by atoms with van der Waals surface area (Å²) in [6.45, 7) is 4.83. The van der Waals surface area contributed by atoms with E-state index in [1.807, 2.05) is 0 Å². The van der Waals surface area contributed by atoms with Gasteiger partial charge in [0.25, 0.3) is 0 Å². The molecule has 0 unspecified atom stereocenters. The molecule has 1 aromatic rings. The number of aryl methyl sites for hydroxylation is 1. The van der Waals surface area contributed by atoms with E-state index in [0.29, 0.717) is 0 Å². The van der Waals surface area contributed by atoms with Crippen LogP contribution in [-0.2, 0) is 6.54 Å². The standard InChI is InChI=1S/C11H15F3N2O/c1-10(2,3)9(17)8-4-6-15-16(8)7-5-11(12,13)14/h4,6H,5,7H2,1-3H3. The van der Waals surface area contributed by atoms with Gasteiger partial charge in [0.1, 0.15) is 5.69 Å². The number of carbonyl (C=O) groups excluding carboxylic acids is 1. The molecule has 0 bridgehead atoms. The van der Waals surface area contributed by atoms with E-state index in [9.17, 15) is 18.0 Å². The number of rotatable bonds is 3. The highest BCUT2D eigenvalue weighted by Crippen LogP contribution is 2.23. The molecule has 17 heavy (non-hydrogen) atoms. The number of hydrogen-bond donors (Lipinski definition) is 0. The van der Waals surface area contributed by atoms with Gasteiger partial charge in [-0.05, 0) is 6.07 Å². The lowest BCUT2D eigenvalue weighted by Gasteiger charge is -2.17. The van der Waals surface area contributed by atoms with Gasteiger partial charge in [0, 0.05) is 11.6 Å². The molecule has 1 heterocycles. The van der Waals surface area contributed by atoms with Crippen molar-refractivity contribution in [1.82, 2.24) is 9.78 Å². The summed E-state index contributed by atoms with van der Waals surface area (Å²) in [6.07, 6.45) is -3.89. The van der Waals surface area contributed by atoms with Crippen LogP contribution in [0.25, 0.3) is 0 Å². The van der Waals surface area contributed by atoms with Crippen LogP contribution in [0, 0.1) is 5.41 Å². The summed E-state index contributed by atoms with van der Waals surface area (Å²) in [6, 6.07) is 1.45. The molecular formula is C11H15F3N2O. The highest BCUT2D eigenvalue weighted by Gasteiger charge is 2.29. The Balaban J connectivity index is 2.84. The molecule has 6 heteroatoms. The third-order valence-corrected chi connectivity index (χ3v) is 2.24. The van der Waals surface area contributed by atoms with Crippen LogP contribution in [0.15, 0.2) is 12.3 Å². The molecular weight excluding hydrogens is 233 g/mol. The highest BCUT2D eigenvalue weighted by molar-refractivity contribution is 5.98. The molecule has 1 rings (SSSR count). The van der Waals surface area contributed by atoms with Gasteiger partial charge in [-0.1, -0.05) is 20.8 Å². The molecule has 3 nitrogen and oxygen atoms in total. The average Bonchev–Trinajstić information content (AvgIpc) is 2.58. The second-order valence-electron chi connectivity index (χ2n) is 4.88. The van der Waals surface area contributed by atoms with Gasteiger partial charge in [0.15, 0.2) is 5.78 Å². The second-order valence-corrected chi connectivity index (χ2v) is 4.88. The Morgan fingerprint density at radius 2 is 1.94 bits per heavy atom. The van der Waals surface area contributed by atoms with E-state index in [0.717, 1.165) is 4.68 Å². The SMILES string of the molecule is CC(C)(C)C(=O)c1ccnn1CCC(F)(F)F. The van der Waals surface area contributed by atoms with Gasteiger partial charge in [-0.2, -0.15) is 18.3 Å². The summed E-state index contributed by atoms with van der Waals surface area (Å²) in [7, 11) is 0. The molecule has 0 aliphatic carbocycles. The zero-order chi connectivity index (χ0) is 13.3. The maximum Gasteiger partial charge on any atom is 0.390 e. The summed E-state index contributed by atoms with van der Waals surface area (Å²) < 4.78 is 37.4. The van der Waals surface area contributed by atoms with Crippen molar-refractivity contribution in [3.05, 3.63) is 18.0 Å². The van der Waals surface area contributed by atoms with Crippen LogP contribution in [0.4, 0.5) is 13.2 Å². The summed E-state index contributed by atoms with van der Waals surface area (Å²) in [5, 5.41) is 3.75. The van der Waals surface area contributed by atoms with Gasteiger partial charge in [-0.3, -0.25) is 9.48 Å². The third kappa shape index (κ3) is 3.87. The van der Waals surface area contributed by atoms with Gasteiger partial charge >= 0.3 is 6.18 Å². The quantitative estimate of drug-likeness (QED) is 0.770. The Labute approximate surface area is 97.6 Å². The minimum absolute atomic E-state index is 0.211. The number of ketones is 1. The molecule has 0 saturated heterocycles. The summed E-state index contributed by atoms with van der Waals surface area (Å²) in [4.78, 5) is 11.9. The molecule has 0 aliphatic rings. The predicted octanol–water partition coefficient (Wildman–Crippen LogP) is 3.06. The van der Waals surface area contributed by atoms with E-state index in [4.69, 9.17) is 0 Å². The van der Waals surface area contributed by atoms with E-state index in [1.54, 1.807) is 20.8 Å². The predicted molar refractivity (Wildman–Crippen MR) is 56.7 cm³/mol. The number of alkyl halides is 3. The number of aromatic nitrogens is 2. The maximum atomic E-state index is 12.1. The van der Waals surface area contributed by atoms with Crippen molar-refractivity contribution in [1.29, 1.82) is 0 Å². The fourth-order valence-electron chi connectivity index (χ4n) is 1.32. The maximum absolute atomic E-state index is 12.1. The Morgan fingerprint density at radius 1 is 1.35 bits per heavy atom. The molecule has 0 saturated carbocycles. The van der Waals surface area contributed by atoms with Crippen molar-refractivity contribution in [2.24, 2.45) is 5.41 Å². The second kappa shape index (κ2) is 4.50. The largest absolute Gasteiger partial charge is 0.390 e. The van der Waals surface area contributed by atoms with Gasteiger partial charge in [-0.15, -0.1) is 0 Å². The van der Waals surface area contributed by atoms with Gasteiger partial charge in [0.2, 0.25) is 0 Å². The van der Waals surface area contributed by atoms with Crippen LogP contribution < -0.4 is 0 Å². The van der Waals surface area contributed by atoms with E-state index in [2.05, 4.69) is 5.10 Å². The Hall–Kier alpha value is -1.33. The zero-order valence-corrected chi connectivity index (χ0v) is 10.0. The first kappa shape index (κ1) is 13.7. The van der Waals surface area contributed by atoms with Crippen molar-refractivity contribution in [3.63, 3.8) is 0 Å². The molecule has 96 valence electrons. The smallest absolute Gasteiger partial charge is 0.292 e. The normalized spacial score (nSPS) is 12.8. The monoisotopic (exact) mass is 248 g/mol. The fourth-order valence-corrected chi connectivity index (χ4v) is 1.32. The van der Waals surface area contributed by atoms with Crippen molar-refractivity contribution in [2.75, 3.05) is 0 Å². The van der Waals surface area contributed by atoms with Crippen LogP contribution in [0.5, 0.6) is 0 Å². The van der Waals surface area contributed by atoms with Crippen molar-refractivity contribution in [2.45, 2.75) is 39.9 Å². The van der Waals surface area contributed by atoms with E-state index in [-0.39, 0.29) is 18.0 Å². The topological polar surface area (TPSA) is 34.9 Å². The summed E-state index contributed by atoms with van der Waals surface area (Å²) in [5.41, 5.74) is -0.405. The molecule has 0 amide bonds. The molecule has 0 aromatic carbocycles. The first-order chi connectivity index (χ1) is 7.61. The summed E-state index contributed by atoms with van der Waals surface area (Å²) in [5.74, 6) is -0.211. The lowest BCUT2D eigenvalue weighted by Crippen LogP contribution is -2.24. The zero-order valence-electron chi connectivity index (χ0n) is 10.0. The number of nitrogens with zero attached hydrogens (tertiary/aromatic N) is 2. The summed E-state index contributed by atoms with van der Waals surface area (Å²) >= 11 is 0. The van der Waals surface area contributed by atoms with Crippen LogP contribution >= 0.6 is 0 Å². The van der Waals surface area contributed by atoms with Crippen molar-refractivity contribution >= 4 is 5.78 Å². The molecule has 0 atom stereocenters. The molecule has 0 radical (unpaired) electrons. The lowest BCUT2D eigenvalue weighted by atomic mass is 9.89. The van der Waals surface area contributed by atoms with Gasteiger partial charge in [0.05, 0.1) is 13.0 Å². The first-order valence-electron chi connectivity index (χ1n) is 5.24. The Kier molecular flexibility index (Phi) is 3.64. The molecule has 0 aliphatic heterocycles. The van der Waals surface area contributed by atoms with Crippen LogP contribution in [0.2, 0.25) is 0 Å². The van der Waals surface area contributed by atoms with Gasteiger partial charge < -0.3 is 0 Å². The minimum atomic E-state index is -4.24. The lowest BCUT2D eigenvalue weighted by molar-refractivity contribution is -0.137. The molecule has 0 spiro atoms. The van der Waals surface area contributed by atoms with E-state index < -0.39 is 18.0 Å². The van der Waals surface area contributed by atoms with Gasteiger partial charge in [-0.25, -0.2) is 0 Å². The van der Waals surface area contributed by atoms with Crippen molar-refractivity contribution < 1.29 is 18.0 Å². The average molecular weight is 248 g/mol. The van der Waals surface area contributed by atoms with Crippen molar-refractivity contribution in [3.8, 4) is 0 Å².